The highest BCUT2D eigenvalue weighted by molar-refractivity contribution is 7.16. The molecule has 0 bridgehead atoms. The first-order chi connectivity index (χ1) is 9.85. The minimum atomic E-state index is 0.511. The molecule has 0 saturated heterocycles. The highest BCUT2D eigenvalue weighted by Crippen LogP contribution is 2.27. The van der Waals surface area contributed by atoms with Crippen LogP contribution in [0.1, 0.15) is 26.7 Å². The maximum atomic E-state index is 5.74. The zero-order valence-electron chi connectivity index (χ0n) is 12.0. The van der Waals surface area contributed by atoms with Crippen LogP contribution in [0.3, 0.4) is 0 Å². The number of hydrogen-bond acceptors (Lipinski definition) is 6. The maximum absolute atomic E-state index is 5.74. The molecule has 0 saturated carbocycles. The smallest absolute Gasteiger partial charge is 0.227 e. The quantitative estimate of drug-likeness (QED) is 0.719. The van der Waals surface area contributed by atoms with E-state index in [-0.39, 0.29) is 0 Å². The van der Waals surface area contributed by atoms with E-state index in [2.05, 4.69) is 22.2 Å². The predicted octanol–water partition coefficient (Wildman–Crippen LogP) is 3.32. The van der Waals surface area contributed by atoms with E-state index >= 15 is 0 Å². The molecule has 110 valence electrons. The van der Waals surface area contributed by atoms with Crippen LogP contribution in [-0.4, -0.2) is 36.3 Å². The lowest BCUT2D eigenvalue weighted by atomic mass is 10.4. The first kappa shape index (κ1) is 15.0. The third-order valence-electron chi connectivity index (χ3n) is 2.73. The second-order valence-corrected chi connectivity index (χ2v) is 5.23. The number of anilines is 1. The zero-order chi connectivity index (χ0) is 14.2. The molecule has 6 heteroatoms. The standard InChI is InChI=1S/C14H21N3O2S/c1-3-5-7-18-8-9-19-12-11-6-10-20-13(11)17-14(16-12)15-4-2/h6,10H,3-5,7-9H2,1-2H3,(H,15,16,17). The molecule has 0 aliphatic heterocycles. The molecule has 0 aliphatic rings. The number of rotatable bonds is 9. The lowest BCUT2D eigenvalue weighted by Gasteiger charge is -2.09. The number of hydrogen-bond donors (Lipinski definition) is 1. The normalized spacial score (nSPS) is 10.9. The van der Waals surface area contributed by atoms with E-state index in [1.54, 1.807) is 11.3 Å². The summed E-state index contributed by atoms with van der Waals surface area (Å²) in [6.07, 6.45) is 2.24. The van der Waals surface area contributed by atoms with Crippen LogP contribution < -0.4 is 10.1 Å². The van der Waals surface area contributed by atoms with Crippen LogP contribution in [-0.2, 0) is 4.74 Å². The highest BCUT2D eigenvalue weighted by Gasteiger charge is 2.09. The molecule has 20 heavy (non-hydrogen) atoms. The molecule has 0 radical (unpaired) electrons. The van der Waals surface area contributed by atoms with E-state index < -0.39 is 0 Å². The first-order valence-corrected chi connectivity index (χ1v) is 7.92. The summed E-state index contributed by atoms with van der Waals surface area (Å²) in [6.45, 7) is 6.85. The summed E-state index contributed by atoms with van der Waals surface area (Å²) in [5.41, 5.74) is 0. The Morgan fingerprint density at radius 3 is 2.90 bits per heavy atom. The van der Waals surface area contributed by atoms with Crippen molar-refractivity contribution in [3.63, 3.8) is 0 Å². The fraction of sp³-hybridized carbons (Fsp3) is 0.571. The maximum Gasteiger partial charge on any atom is 0.227 e. The molecule has 1 N–H and O–H groups in total. The average molecular weight is 295 g/mol. The second-order valence-electron chi connectivity index (χ2n) is 4.34. The van der Waals surface area contributed by atoms with Crippen molar-refractivity contribution in [3.05, 3.63) is 11.4 Å². The van der Waals surface area contributed by atoms with Crippen molar-refractivity contribution in [1.29, 1.82) is 0 Å². The molecule has 2 heterocycles. The first-order valence-electron chi connectivity index (χ1n) is 7.04. The Kier molecular flexibility index (Phi) is 6.01. The number of nitrogens with zero attached hydrogens (tertiary/aromatic N) is 2. The molecule has 0 unspecified atom stereocenters. The number of ether oxygens (including phenoxy) is 2. The molecular formula is C14H21N3O2S. The number of nitrogens with one attached hydrogen (secondary N) is 1. The van der Waals surface area contributed by atoms with Gasteiger partial charge >= 0.3 is 0 Å². The van der Waals surface area contributed by atoms with Crippen LogP contribution in [0, 0.1) is 0 Å². The summed E-state index contributed by atoms with van der Waals surface area (Å²) in [4.78, 5) is 9.79. The molecular weight excluding hydrogens is 274 g/mol. The fourth-order valence-corrected chi connectivity index (χ4v) is 2.48. The average Bonchev–Trinajstić information content (AvgIpc) is 2.91. The number of unbranched alkanes of at least 4 members (excludes halogenated alkanes) is 1. The van der Waals surface area contributed by atoms with Gasteiger partial charge in [0.15, 0.2) is 0 Å². The van der Waals surface area contributed by atoms with Gasteiger partial charge in [0.05, 0.1) is 12.0 Å². The Morgan fingerprint density at radius 2 is 2.10 bits per heavy atom. The molecule has 0 aromatic carbocycles. The molecule has 2 aromatic heterocycles. The molecule has 5 nitrogen and oxygen atoms in total. The zero-order valence-corrected chi connectivity index (χ0v) is 12.8. The van der Waals surface area contributed by atoms with Crippen molar-refractivity contribution in [2.45, 2.75) is 26.7 Å². The van der Waals surface area contributed by atoms with Crippen LogP contribution in [0.5, 0.6) is 5.88 Å². The molecule has 0 aliphatic carbocycles. The van der Waals surface area contributed by atoms with Gasteiger partial charge in [-0.3, -0.25) is 0 Å². The van der Waals surface area contributed by atoms with Crippen molar-refractivity contribution >= 4 is 27.5 Å². The van der Waals surface area contributed by atoms with Crippen LogP contribution in [0.25, 0.3) is 10.2 Å². The van der Waals surface area contributed by atoms with E-state index in [0.717, 1.165) is 36.2 Å². The minimum absolute atomic E-state index is 0.511. The van der Waals surface area contributed by atoms with E-state index in [9.17, 15) is 0 Å². The van der Waals surface area contributed by atoms with Crippen LogP contribution in [0.4, 0.5) is 5.95 Å². The molecule has 0 atom stereocenters. The lowest BCUT2D eigenvalue weighted by Crippen LogP contribution is -2.10. The van der Waals surface area contributed by atoms with Gasteiger partial charge in [-0.25, -0.2) is 4.98 Å². The summed E-state index contributed by atoms with van der Waals surface area (Å²) in [7, 11) is 0. The minimum Gasteiger partial charge on any atom is -0.475 e. The number of thiophene rings is 1. The topological polar surface area (TPSA) is 56.3 Å². The van der Waals surface area contributed by atoms with Gasteiger partial charge in [-0.1, -0.05) is 13.3 Å². The monoisotopic (exact) mass is 295 g/mol. The Bertz CT molecular complexity index is 530. The van der Waals surface area contributed by atoms with Crippen molar-refractivity contribution in [2.24, 2.45) is 0 Å². The third-order valence-corrected chi connectivity index (χ3v) is 3.54. The van der Waals surface area contributed by atoms with Gasteiger partial charge in [0, 0.05) is 13.2 Å². The fourth-order valence-electron chi connectivity index (χ4n) is 1.72. The van der Waals surface area contributed by atoms with Gasteiger partial charge < -0.3 is 14.8 Å². The number of fused-ring (bicyclic) bond motifs is 1. The van der Waals surface area contributed by atoms with E-state index in [4.69, 9.17) is 9.47 Å². The molecule has 0 fully saturated rings. The Hall–Kier alpha value is -1.40. The van der Waals surface area contributed by atoms with E-state index in [0.29, 0.717) is 25.0 Å². The predicted molar refractivity (Wildman–Crippen MR) is 82.8 cm³/mol. The molecule has 0 amide bonds. The van der Waals surface area contributed by atoms with Crippen LogP contribution in [0.2, 0.25) is 0 Å². The van der Waals surface area contributed by atoms with Gasteiger partial charge in [-0.2, -0.15) is 4.98 Å². The Balaban J connectivity index is 1.95. The van der Waals surface area contributed by atoms with Gasteiger partial charge in [0.2, 0.25) is 11.8 Å². The van der Waals surface area contributed by atoms with Gasteiger partial charge in [-0.05, 0) is 24.8 Å². The van der Waals surface area contributed by atoms with Gasteiger partial charge in [-0.15, -0.1) is 11.3 Å². The summed E-state index contributed by atoms with van der Waals surface area (Å²) in [6, 6.07) is 1.99. The van der Waals surface area contributed by atoms with Gasteiger partial charge in [0.1, 0.15) is 11.4 Å². The van der Waals surface area contributed by atoms with Gasteiger partial charge in [0.25, 0.3) is 0 Å². The highest BCUT2D eigenvalue weighted by atomic mass is 32.1. The van der Waals surface area contributed by atoms with Crippen LogP contribution in [0.15, 0.2) is 11.4 Å². The second kappa shape index (κ2) is 8.01. The van der Waals surface area contributed by atoms with Crippen molar-refractivity contribution in [3.8, 4) is 5.88 Å². The summed E-state index contributed by atoms with van der Waals surface area (Å²) in [5.74, 6) is 1.25. The Morgan fingerprint density at radius 1 is 1.20 bits per heavy atom. The molecule has 2 rings (SSSR count). The SMILES string of the molecule is CCCCOCCOc1nc(NCC)nc2sccc12. The van der Waals surface area contributed by atoms with E-state index in [1.807, 2.05) is 18.4 Å². The van der Waals surface area contributed by atoms with Crippen molar-refractivity contribution < 1.29 is 9.47 Å². The molecule has 0 spiro atoms. The lowest BCUT2D eigenvalue weighted by molar-refractivity contribution is 0.0971. The largest absolute Gasteiger partial charge is 0.475 e. The Labute approximate surface area is 123 Å². The van der Waals surface area contributed by atoms with Crippen molar-refractivity contribution in [1.82, 2.24) is 9.97 Å². The van der Waals surface area contributed by atoms with E-state index in [1.165, 1.54) is 0 Å². The van der Waals surface area contributed by atoms with Crippen molar-refractivity contribution in [2.75, 3.05) is 31.7 Å². The summed E-state index contributed by atoms with van der Waals surface area (Å²) in [5, 5.41) is 6.08. The molecule has 2 aromatic rings. The summed E-state index contributed by atoms with van der Waals surface area (Å²) >= 11 is 1.59. The van der Waals surface area contributed by atoms with Crippen LogP contribution >= 0.6 is 11.3 Å². The third kappa shape index (κ3) is 4.05. The summed E-state index contributed by atoms with van der Waals surface area (Å²) < 4.78 is 11.2. The number of aromatic nitrogens is 2.